The van der Waals surface area contributed by atoms with Crippen LogP contribution in [0.4, 0.5) is 17.2 Å². The summed E-state index contributed by atoms with van der Waals surface area (Å²) in [6.07, 6.45) is 0. The Morgan fingerprint density at radius 3 is 2.19 bits per heavy atom. The fourth-order valence-electron chi connectivity index (χ4n) is 1.81. The number of anilines is 3. The van der Waals surface area contributed by atoms with Crippen molar-refractivity contribution in [2.24, 2.45) is 0 Å². The van der Waals surface area contributed by atoms with Crippen molar-refractivity contribution < 1.29 is 0 Å². The fourth-order valence-corrected chi connectivity index (χ4v) is 2.19. The van der Waals surface area contributed by atoms with Crippen LogP contribution in [0.5, 0.6) is 0 Å². The minimum Gasteiger partial charge on any atom is -0.378 e. The largest absolute Gasteiger partial charge is 0.378 e. The Morgan fingerprint density at radius 1 is 1.05 bits per heavy atom. The zero-order valence-corrected chi connectivity index (χ0v) is 14.7. The van der Waals surface area contributed by atoms with Gasteiger partial charge in [0.2, 0.25) is 0 Å². The predicted octanol–water partition coefficient (Wildman–Crippen LogP) is 4.35. The minimum atomic E-state index is -0.0883. The maximum atomic E-state index is 4.60. The minimum absolute atomic E-state index is 0.0883. The van der Waals surface area contributed by atoms with Crippen molar-refractivity contribution in [2.75, 3.05) is 24.3 Å². The molecule has 0 saturated carbocycles. The molecular weight excluding hydrogens is 328 g/mol. The van der Waals surface area contributed by atoms with E-state index < -0.39 is 0 Å². The number of nitrogens with one attached hydrogen (secondary N) is 1. The zero-order valence-electron chi connectivity index (χ0n) is 13.1. The third-order valence-corrected chi connectivity index (χ3v) is 3.43. The van der Waals surface area contributed by atoms with Gasteiger partial charge in [0.25, 0.3) is 0 Å². The normalized spacial score (nSPS) is 11.3. The maximum absolute atomic E-state index is 4.60. The van der Waals surface area contributed by atoms with Gasteiger partial charge in [-0.2, -0.15) is 0 Å². The van der Waals surface area contributed by atoms with Crippen LogP contribution in [0.3, 0.4) is 0 Å². The van der Waals surface area contributed by atoms with Gasteiger partial charge in [0.05, 0.1) is 0 Å². The molecule has 0 amide bonds. The summed E-state index contributed by atoms with van der Waals surface area (Å²) in [5.41, 5.74) is 2.08. The van der Waals surface area contributed by atoms with Crippen LogP contribution in [0.1, 0.15) is 26.6 Å². The van der Waals surface area contributed by atoms with Crippen molar-refractivity contribution in [3.63, 3.8) is 0 Å². The SMILES string of the molecule is CN(C)c1ccc(Nc2cc(Br)nc(C(C)(C)C)n2)cc1. The summed E-state index contributed by atoms with van der Waals surface area (Å²) < 4.78 is 0.787. The van der Waals surface area contributed by atoms with E-state index >= 15 is 0 Å². The molecule has 0 spiro atoms. The smallest absolute Gasteiger partial charge is 0.137 e. The van der Waals surface area contributed by atoms with Gasteiger partial charge in [0.15, 0.2) is 0 Å². The highest BCUT2D eigenvalue weighted by molar-refractivity contribution is 9.10. The number of benzene rings is 1. The molecule has 1 N–H and O–H groups in total. The molecule has 1 aromatic carbocycles. The summed E-state index contributed by atoms with van der Waals surface area (Å²) in [5, 5.41) is 3.32. The molecule has 0 unspecified atom stereocenters. The van der Waals surface area contributed by atoms with E-state index in [0.29, 0.717) is 0 Å². The Kier molecular flexibility index (Phi) is 4.52. The molecule has 5 heteroatoms. The number of hydrogen-bond donors (Lipinski definition) is 1. The van der Waals surface area contributed by atoms with Gasteiger partial charge < -0.3 is 10.2 Å². The highest BCUT2D eigenvalue weighted by atomic mass is 79.9. The van der Waals surface area contributed by atoms with E-state index in [1.54, 1.807) is 0 Å². The molecule has 112 valence electrons. The van der Waals surface area contributed by atoms with Gasteiger partial charge in [-0.1, -0.05) is 20.8 Å². The van der Waals surface area contributed by atoms with Gasteiger partial charge in [-0.15, -0.1) is 0 Å². The van der Waals surface area contributed by atoms with Crippen molar-refractivity contribution in [1.29, 1.82) is 0 Å². The second-order valence-corrected chi connectivity index (χ2v) is 7.03. The molecule has 0 bridgehead atoms. The van der Waals surface area contributed by atoms with E-state index in [2.05, 4.69) is 69.0 Å². The van der Waals surface area contributed by atoms with E-state index in [1.807, 2.05) is 32.3 Å². The van der Waals surface area contributed by atoms with Gasteiger partial charge in [0, 0.05) is 37.0 Å². The Hall–Kier alpha value is -1.62. The molecule has 0 aliphatic heterocycles. The summed E-state index contributed by atoms with van der Waals surface area (Å²) >= 11 is 3.45. The average molecular weight is 349 g/mol. The first-order valence-electron chi connectivity index (χ1n) is 6.85. The molecule has 0 fully saturated rings. The van der Waals surface area contributed by atoms with Crippen LogP contribution in [-0.4, -0.2) is 24.1 Å². The second kappa shape index (κ2) is 6.02. The van der Waals surface area contributed by atoms with Crippen molar-refractivity contribution in [3.8, 4) is 0 Å². The first kappa shape index (κ1) is 15.8. The molecule has 0 aliphatic carbocycles. The molecule has 1 heterocycles. The molecular formula is C16H21BrN4. The summed E-state index contributed by atoms with van der Waals surface area (Å²) in [5.74, 6) is 1.60. The van der Waals surface area contributed by atoms with Crippen LogP contribution in [0.25, 0.3) is 0 Å². The van der Waals surface area contributed by atoms with E-state index in [0.717, 1.165) is 21.9 Å². The first-order chi connectivity index (χ1) is 9.75. The molecule has 4 nitrogen and oxygen atoms in total. The lowest BCUT2D eigenvalue weighted by molar-refractivity contribution is 0.544. The van der Waals surface area contributed by atoms with Gasteiger partial charge in [-0.05, 0) is 40.2 Å². The van der Waals surface area contributed by atoms with Gasteiger partial charge in [-0.3, -0.25) is 0 Å². The Morgan fingerprint density at radius 2 is 1.67 bits per heavy atom. The Bertz CT molecular complexity index is 615. The van der Waals surface area contributed by atoms with E-state index in [1.165, 1.54) is 5.69 Å². The van der Waals surface area contributed by atoms with Crippen LogP contribution in [0.15, 0.2) is 34.9 Å². The highest BCUT2D eigenvalue weighted by Crippen LogP contribution is 2.25. The molecule has 0 radical (unpaired) electrons. The van der Waals surface area contributed by atoms with E-state index in [4.69, 9.17) is 0 Å². The predicted molar refractivity (Wildman–Crippen MR) is 92.5 cm³/mol. The van der Waals surface area contributed by atoms with Crippen LogP contribution in [-0.2, 0) is 5.41 Å². The lowest BCUT2D eigenvalue weighted by Crippen LogP contribution is -2.16. The van der Waals surface area contributed by atoms with Crippen molar-refractivity contribution in [2.45, 2.75) is 26.2 Å². The fraction of sp³-hybridized carbons (Fsp3) is 0.375. The molecule has 2 rings (SSSR count). The van der Waals surface area contributed by atoms with E-state index in [-0.39, 0.29) is 5.41 Å². The molecule has 0 saturated heterocycles. The Balaban J connectivity index is 2.25. The zero-order chi connectivity index (χ0) is 15.6. The quantitative estimate of drug-likeness (QED) is 0.837. The van der Waals surface area contributed by atoms with Crippen LogP contribution >= 0.6 is 15.9 Å². The molecule has 1 aromatic heterocycles. The monoisotopic (exact) mass is 348 g/mol. The summed E-state index contributed by atoms with van der Waals surface area (Å²) in [6, 6.07) is 10.1. The maximum Gasteiger partial charge on any atom is 0.137 e. The Labute approximate surface area is 134 Å². The second-order valence-electron chi connectivity index (χ2n) is 6.22. The van der Waals surface area contributed by atoms with Crippen LogP contribution in [0.2, 0.25) is 0 Å². The summed E-state index contributed by atoms with van der Waals surface area (Å²) in [7, 11) is 4.05. The molecule has 21 heavy (non-hydrogen) atoms. The molecule has 2 aromatic rings. The number of hydrogen-bond acceptors (Lipinski definition) is 4. The topological polar surface area (TPSA) is 41.0 Å². The van der Waals surface area contributed by atoms with Crippen molar-refractivity contribution >= 4 is 33.1 Å². The van der Waals surface area contributed by atoms with Crippen molar-refractivity contribution in [1.82, 2.24) is 9.97 Å². The highest BCUT2D eigenvalue weighted by Gasteiger charge is 2.18. The third-order valence-electron chi connectivity index (χ3n) is 3.02. The first-order valence-corrected chi connectivity index (χ1v) is 7.64. The number of aromatic nitrogens is 2. The van der Waals surface area contributed by atoms with Crippen LogP contribution in [0, 0.1) is 0 Å². The molecule has 0 aliphatic rings. The lowest BCUT2D eigenvalue weighted by Gasteiger charge is -2.18. The lowest BCUT2D eigenvalue weighted by atomic mass is 9.96. The standard InChI is InChI=1S/C16H21BrN4/c1-16(2,3)15-19-13(17)10-14(20-15)18-11-6-8-12(9-7-11)21(4)5/h6-10H,1-5H3,(H,18,19,20). The number of nitrogens with zero attached hydrogens (tertiary/aromatic N) is 3. The third kappa shape index (κ3) is 4.17. The van der Waals surface area contributed by atoms with Crippen molar-refractivity contribution in [3.05, 3.63) is 40.8 Å². The van der Waals surface area contributed by atoms with E-state index in [9.17, 15) is 0 Å². The van der Waals surface area contributed by atoms with Gasteiger partial charge >= 0.3 is 0 Å². The van der Waals surface area contributed by atoms with Gasteiger partial charge in [-0.25, -0.2) is 9.97 Å². The average Bonchev–Trinajstić information content (AvgIpc) is 2.37. The molecule has 0 atom stereocenters. The summed E-state index contributed by atoms with van der Waals surface area (Å²) in [6.45, 7) is 6.30. The van der Waals surface area contributed by atoms with Gasteiger partial charge in [0.1, 0.15) is 16.2 Å². The van der Waals surface area contributed by atoms with Crippen LogP contribution < -0.4 is 10.2 Å². The number of halogens is 1. The summed E-state index contributed by atoms with van der Waals surface area (Å²) in [4.78, 5) is 11.1. The number of rotatable bonds is 3.